The third-order valence-corrected chi connectivity index (χ3v) is 4.99. The predicted octanol–water partition coefficient (Wildman–Crippen LogP) is 4.30. The number of methoxy groups -OCH3 is 1. The highest BCUT2D eigenvalue weighted by Gasteiger charge is 2.14. The van der Waals surface area contributed by atoms with E-state index in [0.717, 1.165) is 23.3 Å². The summed E-state index contributed by atoms with van der Waals surface area (Å²) in [6.07, 6.45) is 4.14. The van der Waals surface area contributed by atoms with Crippen LogP contribution in [0.1, 0.15) is 16.0 Å². The van der Waals surface area contributed by atoms with Crippen LogP contribution in [-0.4, -0.2) is 24.6 Å². The van der Waals surface area contributed by atoms with Crippen LogP contribution in [0.2, 0.25) is 0 Å². The Labute approximate surface area is 157 Å². The van der Waals surface area contributed by atoms with Gasteiger partial charge in [0.25, 0.3) is 0 Å². The Morgan fingerprint density at radius 3 is 2.69 bits per heavy atom. The highest BCUT2D eigenvalue weighted by molar-refractivity contribution is 7.09. The molecule has 3 rings (SSSR count). The van der Waals surface area contributed by atoms with Gasteiger partial charge in [0.2, 0.25) is 0 Å². The van der Waals surface area contributed by atoms with Crippen molar-refractivity contribution in [3.63, 3.8) is 0 Å². The number of hydrogen-bond donors (Lipinski definition) is 1. The van der Waals surface area contributed by atoms with E-state index in [4.69, 9.17) is 9.15 Å². The summed E-state index contributed by atoms with van der Waals surface area (Å²) in [5.74, 6) is 0.803. The molecule has 0 saturated carbocycles. The minimum atomic E-state index is -0.0847. The molecule has 136 valence electrons. The average molecular weight is 370 g/mol. The number of amides is 2. The van der Waals surface area contributed by atoms with Crippen LogP contribution < -0.4 is 10.1 Å². The van der Waals surface area contributed by atoms with Gasteiger partial charge in [-0.05, 0) is 41.6 Å². The normalized spacial score (nSPS) is 10.5. The van der Waals surface area contributed by atoms with Gasteiger partial charge in [-0.3, -0.25) is 0 Å². The molecule has 0 aliphatic carbocycles. The third-order valence-electron chi connectivity index (χ3n) is 4.05. The monoisotopic (exact) mass is 370 g/mol. The fraction of sp³-hybridized carbons (Fsp3) is 0.250. The molecule has 0 bridgehead atoms. The first kappa shape index (κ1) is 18.1. The molecule has 0 fully saturated rings. The van der Waals surface area contributed by atoms with Crippen molar-refractivity contribution in [3.8, 4) is 5.75 Å². The fourth-order valence-corrected chi connectivity index (χ4v) is 3.29. The highest BCUT2D eigenvalue weighted by atomic mass is 32.1. The second-order valence-electron chi connectivity index (χ2n) is 5.89. The zero-order valence-electron chi connectivity index (χ0n) is 14.7. The van der Waals surface area contributed by atoms with Crippen LogP contribution in [0.3, 0.4) is 0 Å². The number of carbonyl (C=O) groups excluding carboxylic acids is 1. The second-order valence-corrected chi connectivity index (χ2v) is 6.92. The van der Waals surface area contributed by atoms with Crippen LogP contribution in [0.5, 0.6) is 5.75 Å². The zero-order chi connectivity index (χ0) is 18.2. The summed E-state index contributed by atoms with van der Waals surface area (Å²) in [4.78, 5) is 15.8. The van der Waals surface area contributed by atoms with Gasteiger partial charge in [0, 0.05) is 23.5 Å². The lowest BCUT2D eigenvalue weighted by Gasteiger charge is -2.22. The highest BCUT2D eigenvalue weighted by Crippen LogP contribution is 2.13. The van der Waals surface area contributed by atoms with E-state index in [1.807, 2.05) is 41.3 Å². The van der Waals surface area contributed by atoms with Crippen LogP contribution >= 0.6 is 11.3 Å². The number of benzene rings is 1. The van der Waals surface area contributed by atoms with E-state index in [-0.39, 0.29) is 6.03 Å². The minimum absolute atomic E-state index is 0.0847. The van der Waals surface area contributed by atoms with Gasteiger partial charge >= 0.3 is 6.03 Å². The van der Waals surface area contributed by atoms with Crippen molar-refractivity contribution >= 4 is 17.4 Å². The molecule has 0 atom stereocenters. The predicted molar refractivity (Wildman–Crippen MR) is 102 cm³/mol. The fourth-order valence-electron chi connectivity index (χ4n) is 2.59. The van der Waals surface area contributed by atoms with Crippen molar-refractivity contribution in [3.05, 3.63) is 76.4 Å². The maximum atomic E-state index is 12.7. The standard InChI is InChI=1S/C20H22N2O3S/c1-24-18-6-4-16(5-7-18)13-21-20(23)22(14-17-9-11-25-15-17)10-8-19-3-2-12-26-19/h2-7,9,11-12,15H,8,10,13-14H2,1H3,(H,21,23). The van der Waals surface area contributed by atoms with E-state index in [9.17, 15) is 4.79 Å². The average Bonchev–Trinajstić information content (AvgIpc) is 3.37. The maximum absolute atomic E-state index is 12.7. The lowest BCUT2D eigenvalue weighted by atomic mass is 10.2. The largest absolute Gasteiger partial charge is 0.497 e. The number of thiophene rings is 1. The summed E-state index contributed by atoms with van der Waals surface area (Å²) < 4.78 is 10.3. The number of urea groups is 1. The van der Waals surface area contributed by atoms with Gasteiger partial charge in [0.15, 0.2) is 0 Å². The molecule has 1 N–H and O–H groups in total. The number of furan rings is 1. The quantitative estimate of drug-likeness (QED) is 0.643. The molecule has 0 unspecified atom stereocenters. The van der Waals surface area contributed by atoms with Gasteiger partial charge in [-0.15, -0.1) is 11.3 Å². The van der Waals surface area contributed by atoms with Gasteiger partial charge in [-0.25, -0.2) is 4.79 Å². The molecular weight excluding hydrogens is 348 g/mol. The van der Waals surface area contributed by atoms with Gasteiger partial charge in [0.1, 0.15) is 5.75 Å². The first-order valence-electron chi connectivity index (χ1n) is 8.44. The van der Waals surface area contributed by atoms with Gasteiger partial charge in [-0.1, -0.05) is 18.2 Å². The molecular formula is C20H22N2O3S. The molecule has 0 radical (unpaired) electrons. The summed E-state index contributed by atoms with van der Waals surface area (Å²) in [7, 11) is 1.64. The molecule has 0 saturated heterocycles. The van der Waals surface area contributed by atoms with E-state index >= 15 is 0 Å². The van der Waals surface area contributed by atoms with Crippen molar-refractivity contribution < 1.29 is 13.9 Å². The van der Waals surface area contributed by atoms with Gasteiger partial charge < -0.3 is 19.4 Å². The van der Waals surface area contributed by atoms with Gasteiger partial charge in [0.05, 0.1) is 26.2 Å². The van der Waals surface area contributed by atoms with E-state index in [1.54, 1.807) is 31.0 Å². The molecule has 0 spiro atoms. The Kier molecular flexibility index (Phi) is 6.33. The number of nitrogens with zero attached hydrogens (tertiary/aromatic N) is 1. The Bertz CT molecular complexity index is 783. The molecule has 1 aromatic carbocycles. The lowest BCUT2D eigenvalue weighted by Crippen LogP contribution is -2.40. The van der Waals surface area contributed by atoms with Crippen LogP contribution in [-0.2, 0) is 19.5 Å². The summed E-state index contributed by atoms with van der Waals surface area (Å²) in [6.45, 7) is 1.65. The lowest BCUT2D eigenvalue weighted by molar-refractivity contribution is 0.195. The van der Waals surface area contributed by atoms with Gasteiger partial charge in [-0.2, -0.15) is 0 Å². The Morgan fingerprint density at radius 1 is 1.19 bits per heavy atom. The molecule has 2 heterocycles. The van der Waals surface area contributed by atoms with E-state index in [0.29, 0.717) is 19.6 Å². The van der Waals surface area contributed by atoms with E-state index in [2.05, 4.69) is 16.8 Å². The van der Waals surface area contributed by atoms with Crippen molar-refractivity contribution in [2.24, 2.45) is 0 Å². The van der Waals surface area contributed by atoms with Crippen molar-refractivity contribution in [1.29, 1.82) is 0 Å². The first-order chi connectivity index (χ1) is 12.7. The van der Waals surface area contributed by atoms with Crippen molar-refractivity contribution in [1.82, 2.24) is 10.2 Å². The summed E-state index contributed by atoms with van der Waals surface area (Å²) in [5.41, 5.74) is 2.01. The zero-order valence-corrected chi connectivity index (χ0v) is 15.5. The molecule has 26 heavy (non-hydrogen) atoms. The topological polar surface area (TPSA) is 54.7 Å². The molecule has 6 heteroatoms. The smallest absolute Gasteiger partial charge is 0.317 e. The molecule has 5 nitrogen and oxygen atoms in total. The SMILES string of the molecule is COc1ccc(CNC(=O)N(CCc2cccs2)Cc2ccoc2)cc1. The van der Waals surface area contributed by atoms with Crippen LogP contribution in [0, 0.1) is 0 Å². The number of carbonyl (C=O) groups is 1. The molecule has 2 aromatic heterocycles. The van der Waals surface area contributed by atoms with E-state index in [1.165, 1.54) is 4.88 Å². The van der Waals surface area contributed by atoms with Crippen molar-refractivity contribution in [2.75, 3.05) is 13.7 Å². The van der Waals surface area contributed by atoms with E-state index < -0.39 is 0 Å². The Balaban J connectivity index is 1.59. The molecule has 0 aliphatic heterocycles. The molecule has 3 aromatic rings. The van der Waals surface area contributed by atoms with Crippen LogP contribution in [0.25, 0.3) is 0 Å². The Hall–Kier alpha value is -2.73. The summed E-state index contributed by atoms with van der Waals surface area (Å²) >= 11 is 1.71. The first-order valence-corrected chi connectivity index (χ1v) is 9.32. The third kappa shape index (κ3) is 5.13. The van der Waals surface area contributed by atoms with Crippen molar-refractivity contribution in [2.45, 2.75) is 19.5 Å². The minimum Gasteiger partial charge on any atom is -0.497 e. The summed E-state index contributed by atoms with van der Waals surface area (Å²) in [5, 5.41) is 5.05. The maximum Gasteiger partial charge on any atom is 0.317 e. The number of ether oxygens (including phenoxy) is 1. The molecule has 2 amide bonds. The van der Waals surface area contributed by atoms with Crippen LogP contribution in [0.4, 0.5) is 4.79 Å². The number of hydrogen-bond acceptors (Lipinski definition) is 4. The second kappa shape index (κ2) is 9.10. The van der Waals surface area contributed by atoms with Crippen LogP contribution in [0.15, 0.2) is 64.8 Å². The number of rotatable bonds is 8. The summed E-state index contributed by atoms with van der Waals surface area (Å²) in [6, 6.07) is 13.6. The number of nitrogens with one attached hydrogen (secondary N) is 1. The Morgan fingerprint density at radius 2 is 2.04 bits per heavy atom. The molecule has 0 aliphatic rings.